The highest BCUT2D eigenvalue weighted by Gasteiger charge is 2.27. The van der Waals surface area contributed by atoms with Gasteiger partial charge in [-0.15, -0.1) is 5.10 Å². The van der Waals surface area contributed by atoms with Gasteiger partial charge in [-0.1, -0.05) is 53.2 Å². The first-order chi connectivity index (χ1) is 15.7. The molecule has 32 heavy (non-hydrogen) atoms. The third kappa shape index (κ3) is 4.35. The minimum atomic E-state index is -0.255. The van der Waals surface area contributed by atoms with Crippen LogP contribution in [0, 0.1) is 0 Å². The molecule has 1 aliphatic rings. The molecule has 1 amide bonds. The molecule has 4 aromatic rings. The number of carbonyl (C=O) groups is 1. The van der Waals surface area contributed by atoms with Gasteiger partial charge in [0.1, 0.15) is 18.2 Å². The van der Waals surface area contributed by atoms with Crippen molar-refractivity contribution >= 4 is 28.5 Å². The average Bonchev–Trinajstić information content (AvgIpc) is 3.24. The van der Waals surface area contributed by atoms with Crippen LogP contribution in [0.2, 0.25) is 5.02 Å². The van der Waals surface area contributed by atoms with Gasteiger partial charge in [0.25, 0.3) is 0 Å². The number of hydrogen-bond donors (Lipinski definition) is 0. The van der Waals surface area contributed by atoms with E-state index in [2.05, 4.69) is 15.3 Å². The molecule has 0 bridgehead atoms. The number of aromatic nitrogens is 4. The van der Waals surface area contributed by atoms with E-state index in [1.807, 2.05) is 71.8 Å². The molecule has 0 saturated carbocycles. The van der Waals surface area contributed by atoms with Crippen molar-refractivity contribution in [3.8, 4) is 0 Å². The van der Waals surface area contributed by atoms with Gasteiger partial charge in [-0.05, 0) is 35.4 Å². The topological polar surface area (TPSA) is 73.1 Å². The second kappa shape index (κ2) is 9.06. The molecule has 1 saturated heterocycles. The Morgan fingerprint density at radius 1 is 1.09 bits per heavy atom. The number of rotatable bonds is 5. The minimum Gasteiger partial charge on any atom is -0.368 e. The molecule has 162 valence electrons. The number of hydrogen-bond acceptors (Lipinski definition) is 5. The molecule has 0 unspecified atom stereocenters. The van der Waals surface area contributed by atoms with Crippen LogP contribution < -0.4 is 0 Å². The first-order valence-electron chi connectivity index (χ1n) is 10.5. The number of pyridine rings is 1. The number of nitrogens with zero attached hydrogens (tertiary/aromatic N) is 5. The van der Waals surface area contributed by atoms with Crippen molar-refractivity contribution in [1.29, 1.82) is 0 Å². The zero-order valence-corrected chi connectivity index (χ0v) is 18.2. The third-order valence-electron chi connectivity index (χ3n) is 5.65. The number of benzene rings is 2. The summed E-state index contributed by atoms with van der Waals surface area (Å²) in [7, 11) is 0. The number of morpholine rings is 1. The van der Waals surface area contributed by atoms with Gasteiger partial charge in [-0.2, -0.15) is 0 Å². The van der Waals surface area contributed by atoms with Crippen molar-refractivity contribution in [2.45, 2.75) is 19.1 Å². The highest BCUT2D eigenvalue weighted by molar-refractivity contribution is 6.31. The molecular formula is C24H22ClN5O2. The number of carbonyl (C=O) groups excluding carboxylic acids is 1. The highest BCUT2D eigenvalue weighted by Crippen LogP contribution is 2.23. The molecule has 1 aliphatic heterocycles. The second-order valence-electron chi connectivity index (χ2n) is 7.79. The molecule has 0 N–H and O–H groups in total. The van der Waals surface area contributed by atoms with E-state index in [0.29, 0.717) is 19.7 Å². The number of para-hydroxylation sites is 1. The molecule has 8 heteroatoms. The molecule has 0 spiro atoms. The zero-order valence-electron chi connectivity index (χ0n) is 17.4. The lowest BCUT2D eigenvalue weighted by molar-refractivity contribution is -0.140. The van der Waals surface area contributed by atoms with E-state index in [-0.39, 0.29) is 18.6 Å². The summed E-state index contributed by atoms with van der Waals surface area (Å²) in [6.07, 6.45) is 2.31. The highest BCUT2D eigenvalue weighted by atomic mass is 35.5. The van der Waals surface area contributed by atoms with Crippen molar-refractivity contribution in [3.05, 3.63) is 88.7 Å². The SMILES string of the molecule is O=C(Cn1nnc2ccccc21)N1CCO[C@H](c2ccc(Cc3ccccc3Cl)cn2)C1. The van der Waals surface area contributed by atoms with Crippen LogP contribution in [-0.2, 0) is 22.5 Å². The van der Waals surface area contributed by atoms with E-state index in [1.165, 1.54) is 0 Å². The fraction of sp³-hybridized carbons (Fsp3) is 0.250. The van der Waals surface area contributed by atoms with Crippen LogP contribution in [0.4, 0.5) is 0 Å². The molecule has 1 fully saturated rings. The van der Waals surface area contributed by atoms with Gasteiger partial charge >= 0.3 is 0 Å². The van der Waals surface area contributed by atoms with Crippen molar-refractivity contribution < 1.29 is 9.53 Å². The van der Waals surface area contributed by atoms with Gasteiger partial charge in [0.05, 0.1) is 24.4 Å². The molecule has 0 aliphatic carbocycles. The number of halogens is 1. The van der Waals surface area contributed by atoms with Crippen molar-refractivity contribution in [2.75, 3.05) is 19.7 Å². The van der Waals surface area contributed by atoms with Crippen molar-refractivity contribution in [3.63, 3.8) is 0 Å². The Kier molecular flexibility index (Phi) is 5.83. The Bertz CT molecular complexity index is 1240. The normalized spacial score (nSPS) is 16.4. The predicted molar refractivity (Wildman–Crippen MR) is 121 cm³/mol. The van der Waals surface area contributed by atoms with Crippen LogP contribution in [0.15, 0.2) is 66.9 Å². The summed E-state index contributed by atoms with van der Waals surface area (Å²) in [5, 5.41) is 9.00. The fourth-order valence-corrected chi connectivity index (χ4v) is 4.11. The standard InChI is InChI=1S/C24H22ClN5O2/c25-19-6-2-1-5-18(19)13-17-9-10-21(26-14-17)23-15-29(11-12-32-23)24(31)16-30-22-8-4-3-7-20(22)27-28-30/h1-10,14,23H,11-13,15-16H2/t23-/m0/s1. The maximum atomic E-state index is 12.9. The van der Waals surface area contributed by atoms with Crippen LogP contribution >= 0.6 is 11.6 Å². The van der Waals surface area contributed by atoms with E-state index in [4.69, 9.17) is 16.3 Å². The van der Waals surface area contributed by atoms with Crippen LogP contribution in [-0.4, -0.2) is 50.5 Å². The molecule has 1 atom stereocenters. The fourth-order valence-electron chi connectivity index (χ4n) is 3.91. The average molecular weight is 448 g/mol. The van der Waals surface area contributed by atoms with Gasteiger partial charge in [0.15, 0.2) is 0 Å². The van der Waals surface area contributed by atoms with E-state index in [9.17, 15) is 4.79 Å². The number of fused-ring (bicyclic) bond motifs is 1. The quantitative estimate of drug-likeness (QED) is 0.466. The zero-order chi connectivity index (χ0) is 21.9. The maximum Gasteiger partial charge on any atom is 0.244 e. The van der Waals surface area contributed by atoms with Crippen LogP contribution in [0.3, 0.4) is 0 Å². The Balaban J connectivity index is 1.24. The Morgan fingerprint density at radius 3 is 2.78 bits per heavy atom. The first-order valence-corrected chi connectivity index (χ1v) is 10.9. The number of ether oxygens (including phenoxy) is 1. The van der Waals surface area contributed by atoms with E-state index in [1.54, 1.807) is 4.68 Å². The maximum absolute atomic E-state index is 12.9. The molecule has 7 nitrogen and oxygen atoms in total. The lowest BCUT2D eigenvalue weighted by Gasteiger charge is -2.32. The molecule has 2 aromatic carbocycles. The van der Waals surface area contributed by atoms with Crippen molar-refractivity contribution in [1.82, 2.24) is 24.9 Å². The lowest BCUT2D eigenvalue weighted by atomic mass is 10.1. The summed E-state index contributed by atoms with van der Waals surface area (Å²) in [5.74, 6) is -0.00991. The summed E-state index contributed by atoms with van der Waals surface area (Å²) in [4.78, 5) is 19.3. The van der Waals surface area contributed by atoms with E-state index < -0.39 is 0 Å². The minimum absolute atomic E-state index is 0.00991. The summed E-state index contributed by atoms with van der Waals surface area (Å²) < 4.78 is 7.56. The number of amides is 1. The smallest absolute Gasteiger partial charge is 0.244 e. The summed E-state index contributed by atoms with van der Waals surface area (Å²) >= 11 is 6.27. The second-order valence-corrected chi connectivity index (χ2v) is 8.20. The van der Waals surface area contributed by atoms with Gasteiger partial charge < -0.3 is 9.64 Å². The molecule has 3 heterocycles. The molecule has 0 radical (unpaired) electrons. The Hall–Kier alpha value is -3.29. The summed E-state index contributed by atoms with van der Waals surface area (Å²) in [5.41, 5.74) is 4.58. The molecular weight excluding hydrogens is 426 g/mol. The van der Waals surface area contributed by atoms with Gasteiger partial charge in [-0.3, -0.25) is 9.78 Å². The van der Waals surface area contributed by atoms with Gasteiger partial charge in [-0.25, -0.2) is 4.68 Å². The lowest BCUT2D eigenvalue weighted by Crippen LogP contribution is -2.44. The Labute approximate surface area is 190 Å². The monoisotopic (exact) mass is 447 g/mol. The predicted octanol–water partition coefficient (Wildman–Crippen LogP) is 3.67. The van der Waals surface area contributed by atoms with Crippen LogP contribution in [0.5, 0.6) is 0 Å². The van der Waals surface area contributed by atoms with E-state index in [0.717, 1.165) is 39.3 Å². The molecule has 2 aromatic heterocycles. The van der Waals surface area contributed by atoms with E-state index >= 15 is 0 Å². The summed E-state index contributed by atoms with van der Waals surface area (Å²) in [6.45, 7) is 1.63. The third-order valence-corrected chi connectivity index (χ3v) is 6.02. The first kappa shape index (κ1) is 20.6. The van der Waals surface area contributed by atoms with Gasteiger partial charge in [0.2, 0.25) is 5.91 Å². The van der Waals surface area contributed by atoms with Crippen LogP contribution in [0.25, 0.3) is 11.0 Å². The largest absolute Gasteiger partial charge is 0.368 e. The van der Waals surface area contributed by atoms with Crippen molar-refractivity contribution in [2.24, 2.45) is 0 Å². The summed E-state index contributed by atoms with van der Waals surface area (Å²) in [6, 6.07) is 19.4. The van der Waals surface area contributed by atoms with Gasteiger partial charge in [0, 0.05) is 24.2 Å². The Morgan fingerprint density at radius 2 is 1.94 bits per heavy atom. The van der Waals surface area contributed by atoms with Crippen LogP contribution in [0.1, 0.15) is 22.9 Å². The molecule has 5 rings (SSSR count).